The molecule has 7 nitrogen and oxygen atoms in total. The Bertz CT molecular complexity index is 882. The highest BCUT2D eigenvalue weighted by atomic mass is 16.5. The van der Waals surface area contributed by atoms with Crippen LogP contribution in [0.2, 0.25) is 0 Å². The third-order valence-corrected chi connectivity index (χ3v) is 6.33. The van der Waals surface area contributed by atoms with Crippen LogP contribution in [0.4, 0.5) is 11.5 Å². The van der Waals surface area contributed by atoms with Crippen molar-refractivity contribution in [2.45, 2.75) is 6.42 Å². The molecule has 164 valence electrons. The second-order valence-corrected chi connectivity index (χ2v) is 8.17. The second-order valence-electron chi connectivity index (χ2n) is 8.17. The zero-order valence-corrected chi connectivity index (χ0v) is 18.4. The first kappa shape index (κ1) is 21.4. The Morgan fingerprint density at radius 2 is 1.52 bits per heavy atom. The predicted octanol–water partition coefficient (Wildman–Crippen LogP) is 2.30. The molecule has 2 aromatic rings. The lowest BCUT2D eigenvalue weighted by Crippen LogP contribution is -2.49. The first-order chi connectivity index (χ1) is 15.3. The molecule has 0 atom stereocenters. The highest BCUT2D eigenvalue weighted by molar-refractivity contribution is 5.58. The summed E-state index contributed by atoms with van der Waals surface area (Å²) in [4.78, 5) is 14.2. The quantitative estimate of drug-likeness (QED) is 0.681. The van der Waals surface area contributed by atoms with Crippen molar-refractivity contribution in [1.29, 1.82) is 5.26 Å². The standard InChI is InChI=1S/C24H32N6O/c1-31-23-8-3-2-7-22(23)29-16-12-27(13-17-29)10-5-11-28-14-18-30(19-15-28)24-21(20-25)6-4-9-26-24/h2-4,6-9H,5,10-19H2,1H3. The Hall–Kier alpha value is -2.82. The third-order valence-electron chi connectivity index (χ3n) is 6.33. The van der Waals surface area contributed by atoms with Gasteiger partial charge in [0.05, 0.1) is 18.4 Å². The van der Waals surface area contributed by atoms with Gasteiger partial charge in [-0.2, -0.15) is 5.26 Å². The maximum Gasteiger partial charge on any atom is 0.146 e. The molecule has 1 aromatic heterocycles. The minimum absolute atomic E-state index is 0.670. The molecule has 0 saturated carbocycles. The van der Waals surface area contributed by atoms with Crippen molar-refractivity contribution in [2.24, 2.45) is 0 Å². The zero-order chi connectivity index (χ0) is 21.5. The van der Waals surface area contributed by atoms with E-state index in [0.29, 0.717) is 5.56 Å². The number of hydrogen-bond acceptors (Lipinski definition) is 7. The van der Waals surface area contributed by atoms with Gasteiger partial charge in [0.1, 0.15) is 17.6 Å². The van der Waals surface area contributed by atoms with Crippen LogP contribution in [0.1, 0.15) is 12.0 Å². The van der Waals surface area contributed by atoms with E-state index in [4.69, 9.17) is 4.74 Å². The van der Waals surface area contributed by atoms with Gasteiger partial charge >= 0.3 is 0 Å². The monoisotopic (exact) mass is 420 g/mol. The minimum Gasteiger partial charge on any atom is -0.495 e. The average Bonchev–Trinajstić information content (AvgIpc) is 2.85. The molecule has 0 radical (unpaired) electrons. The fraction of sp³-hybridized carbons (Fsp3) is 0.500. The van der Waals surface area contributed by atoms with Gasteiger partial charge in [-0.3, -0.25) is 9.80 Å². The topological polar surface area (TPSA) is 58.9 Å². The van der Waals surface area contributed by atoms with Crippen LogP contribution in [-0.2, 0) is 0 Å². The van der Waals surface area contributed by atoms with Crippen molar-refractivity contribution in [1.82, 2.24) is 14.8 Å². The van der Waals surface area contributed by atoms with Crippen molar-refractivity contribution in [3.05, 3.63) is 48.2 Å². The van der Waals surface area contributed by atoms with E-state index in [2.05, 4.69) is 42.8 Å². The first-order valence-electron chi connectivity index (χ1n) is 11.2. The molecule has 0 amide bonds. The summed E-state index contributed by atoms with van der Waals surface area (Å²) in [6.07, 6.45) is 2.97. The molecule has 0 N–H and O–H groups in total. The van der Waals surface area contributed by atoms with Crippen molar-refractivity contribution < 1.29 is 4.74 Å². The number of aromatic nitrogens is 1. The summed E-state index contributed by atoms with van der Waals surface area (Å²) in [6, 6.07) is 14.2. The Labute approximate surface area is 185 Å². The maximum absolute atomic E-state index is 9.31. The largest absolute Gasteiger partial charge is 0.495 e. The van der Waals surface area contributed by atoms with Crippen LogP contribution in [0.5, 0.6) is 5.75 Å². The van der Waals surface area contributed by atoms with Crippen molar-refractivity contribution in [2.75, 3.05) is 82.4 Å². The van der Waals surface area contributed by atoms with Crippen LogP contribution in [-0.4, -0.2) is 87.3 Å². The predicted molar refractivity (Wildman–Crippen MR) is 124 cm³/mol. The second kappa shape index (κ2) is 10.5. The van der Waals surface area contributed by atoms with Gasteiger partial charge in [0, 0.05) is 58.6 Å². The lowest BCUT2D eigenvalue weighted by atomic mass is 10.2. The number of methoxy groups -OCH3 is 1. The molecule has 0 unspecified atom stereocenters. The number of benzene rings is 1. The van der Waals surface area contributed by atoms with E-state index in [1.807, 2.05) is 24.3 Å². The van der Waals surface area contributed by atoms with Gasteiger partial charge in [-0.05, 0) is 43.8 Å². The lowest BCUT2D eigenvalue weighted by Gasteiger charge is -2.38. The van der Waals surface area contributed by atoms with Gasteiger partial charge in [-0.25, -0.2) is 4.98 Å². The van der Waals surface area contributed by atoms with Gasteiger partial charge < -0.3 is 14.5 Å². The van der Waals surface area contributed by atoms with E-state index in [-0.39, 0.29) is 0 Å². The Balaban J connectivity index is 1.17. The molecular formula is C24H32N6O. The first-order valence-corrected chi connectivity index (χ1v) is 11.2. The van der Waals surface area contributed by atoms with E-state index in [0.717, 1.165) is 77.0 Å². The van der Waals surface area contributed by atoms with Crippen LogP contribution < -0.4 is 14.5 Å². The number of hydrogen-bond donors (Lipinski definition) is 0. The van der Waals surface area contributed by atoms with E-state index in [9.17, 15) is 5.26 Å². The van der Waals surface area contributed by atoms with Crippen LogP contribution >= 0.6 is 0 Å². The number of anilines is 2. The number of nitriles is 1. The zero-order valence-electron chi connectivity index (χ0n) is 18.4. The van der Waals surface area contributed by atoms with E-state index >= 15 is 0 Å². The maximum atomic E-state index is 9.31. The van der Waals surface area contributed by atoms with Crippen molar-refractivity contribution in [3.63, 3.8) is 0 Å². The number of nitrogens with zero attached hydrogens (tertiary/aromatic N) is 6. The van der Waals surface area contributed by atoms with Gasteiger partial charge in [-0.15, -0.1) is 0 Å². The molecule has 2 aliphatic heterocycles. The molecule has 4 rings (SSSR count). The van der Waals surface area contributed by atoms with E-state index in [1.165, 1.54) is 12.1 Å². The van der Waals surface area contributed by atoms with Gasteiger partial charge in [-0.1, -0.05) is 12.1 Å². The summed E-state index contributed by atoms with van der Waals surface area (Å²) in [6.45, 7) is 10.5. The number of para-hydroxylation sites is 2. The van der Waals surface area contributed by atoms with Crippen LogP contribution in [0.25, 0.3) is 0 Å². The number of rotatable bonds is 7. The summed E-state index contributed by atoms with van der Waals surface area (Å²) < 4.78 is 5.52. The highest BCUT2D eigenvalue weighted by Gasteiger charge is 2.22. The number of pyridine rings is 1. The van der Waals surface area contributed by atoms with Gasteiger partial charge in [0.15, 0.2) is 0 Å². The summed E-state index contributed by atoms with van der Waals surface area (Å²) in [5, 5.41) is 9.31. The molecule has 0 aliphatic carbocycles. The third kappa shape index (κ3) is 5.27. The molecule has 2 fully saturated rings. The Morgan fingerprint density at radius 3 is 2.16 bits per heavy atom. The van der Waals surface area contributed by atoms with Crippen LogP contribution in [0.15, 0.2) is 42.6 Å². The van der Waals surface area contributed by atoms with Crippen LogP contribution in [0.3, 0.4) is 0 Å². The Morgan fingerprint density at radius 1 is 0.871 bits per heavy atom. The SMILES string of the molecule is COc1ccccc1N1CCN(CCCN2CCN(c3ncccc3C#N)CC2)CC1. The van der Waals surface area contributed by atoms with Crippen LogP contribution in [0, 0.1) is 11.3 Å². The number of piperazine rings is 2. The summed E-state index contributed by atoms with van der Waals surface area (Å²) in [5.74, 6) is 1.79. The van der Waals surface area contributed by atoms with Crippen molar-refractivity contribution in [3.8, 4) is 11.8 Å². The molecule has 31 heavy (non-hydrogen) atoms. The summed E-state index contributed by atoms with van der Waals surface area (Å²) >= 11 is 0. The minimum atomic E-state index is 0.670. The molecule has 3 heterocycles. The van der Waals surface area contributed by atoms with Gasteiger partial charge in [0.25, 0.3) is 0 Å². The van der Waals surface area contributed by atoms with E-state index in [1.54, 1.807) is 13.3 Å². The molecule has 2 aliphatic rings. The fourth-order valence-electron chi connectivity index (χ4n) is 4.54. The van der Waals surface area contributed by atoms with Gasteiger partial charge in [0.2, 0.25) is 0 Å². The molecule has 0 spiro atoms. The van der Waals surface area contributed by atoms with E-state index < -0.39 is 0 Å². The van der Waals surface area contributed by atoms with Crippen molar-refractivity contribution >= 4 is 11.5 Å². The lowest BCUT2D eigenvalue weighted by molar-refractivity contribution is 0.212. The average molecular weight is 421 g/mol. The summed E-state index contributed by atoms with van der Waals surface area (Å²) in [5.41, 5.74) is 1.87. The summed E-state index contributed by atoms with van der Waals surface area (Å²) in [7, 11) is 1.74. The number of ether oxygens (including phenoxy) is 1. The molecule has 1 aromatic carbocycles. The Kier molecular flexibility index (Phi) is 7.23. The highest BCUT2D eigenvalue weighted by Crippen LogP contribution is 2.28. The molecule has 2 saturated heterocycles. The fourth-order valence-corrected chi connectivity index (χ4v) is 4.54. The molecule has 7 heteroatoms. The smallest absolute Gasteiger partial charge is 0.146 e. The molecular weight excluding hydrogens is 388 g/mol. The molecule has 0 bridgehead atoms. The normalized spacial score (nSPS) is 18.1.